The lowest BCUT2D eigenvalue weighted by Gasteiger charge is -2.42. The Bertz CT molecular complexity index is 1060. The molecule has 2 aliphatic heterocycles. The fourth-order valence-electron chi connectivity index (χ4n) is 5.15. The number of amides is 1. The minimum atomic E-state index is -0.318. The van der Waals surface area contributed by atoms with Gasteiger partial charge in [0.2, 0.25) is 5.89 Å². The summed E-state index contributed by atoms with van der Waals surface area (Å²) >= 11 is 0. The molecule has 8 heteroatoms. The Labute approximate surface area is 181 Å². The number of nitrogens with zero attached hydrogens (tertiary/aromatic N) is 6. The average molecular weight is 421 g/mol. The Morgan fingerprint density at radius 3 is 2.81 bits per heavy atom. The number of aryl methyl sites for hydroxylation is 2. The number of aromatic nitrogens is 4. The molecule has 5 rings (SSSR count). The van der Waals surface area contributed by atoms with Crippen LogP contribution in [-0.4, -0.2) is 61.8 Å². The number of likely N-dealkylation sites (tertiary alicyclic amines) is 2. The SMILES string of the molecule is CCn1cc(C(=O)N2CC[C@H]3CN(Cc4ccccc4)C[C@@]3(c3noc(C)n3)C2)cn1. The van der Waals surface area contributed by atoms with Crippen molar-refractivity contribution in [3.63, 3.8) is 0 Å². The summed E-state index contributed by atoms with van der Waals surface area (Å²) in [5, 5.41) is 8.61. The molecule has 2 saturated heterocycles. The second kappa shape index (κ2) is 7.92. The maximum atomic E-state index is 13.3. The number of fused-ring (bicyclic) bond motifs is 1. The van der Waals surface area contributed by atoms with Crippen LogP contribution in [0.25, 0.3) is 0 Å². The van der Waals surface area contributed by atoms with E-state index in [4.69, 9.17) is 4.52 Å². The van der Waals surface area contributed by atoms with E-state index in [2.05, 4.69) is 44.4 Å². The fourth-order valence-corrected chi connectivity index (χ4v) is 5.15. The summed E-state index contributed by atoms with van der Waals surface area (Å²) in [7, 11) is 0. The topological polar surface area (TPSA) is 80.3 Å². The molecule has 0 N–H and O–H groups in total. The second-order valence-corrected chi connectivity index (χ2v) is 8.75. The maximum Gasteiger partial charge on any atom is 0.257 e. The Hall–Kier alpha value is -3.00. The molecule has 2 aromatic heterocycles. The number of piperidine rings is 1. The van der Waals surface area contributed by atoms with Gasteiger partial charge in [0.05, 0.1) is 17.2 Å². The van der Waals surface area contributed by atoms with E-state index in [1.807, 2.05) is 31.0 Å². The Morgan fingerprint density at radius 1 is 1.26 bits per heavy atom. The van der Waals surface area contributed by atoms with Gasteiger partial charge >= 0.3 is 0 Å². The zero-order valence-corrected chi connectivity index (χ0v) is 18.1. The molecule has 4 heterocycles. The first-order valence-corrected chi connectivity index (χ1v) is 11.0. The lowest BCUT2D eigenvalue weighted by molar-refractivity contribution is 0.0574. The summed E-state index contributed by atoms with van der Waals surface area (Å²) in [5.74, 6) is 1.71. The normalized spacial score (nSPS) is 23.8. The fraction of sp³-hybridized carbons (Fsp3) is 0.478. The molecule has 1 aromatic carbocycles. The molecular weight excluding hydrogens is 392 g/mol. The van der Waals surface area contributed by atoms with Gasteiger partial charge in [-0.1, -0.05) is 35.5 Å². The highest BCUT2D eigenvalue weighted by Gasteiger charge is 2.54. The largest absolute Gasteiger partial charge is 0.340 e. The third-order valence-corrected chi connectivity index (χ3v) is 6.70. The van der Waals surface area contributed by atoms with Gasteiger partial charge < -0.3 is 9.42 Å². The quantitative estimate of drug-likeness (QED) is 0.631. The number of benzene rings is 1. The van der Waals surface area contributed by atoms with Crippen LogP contribution in [0.5, 0.6) is 0 Å². The molecule has 3 aromatic rings. The zero-order chi connectivity index (χ0) is 21.4. The number of hydrogen-bond donors (Lipinski definition) is 0. The summed E-state index contributed by atoms with van der Waals surface area (Å²) < 4.78 is 7.16. The molecule has 0 saturated carbocycles. The predicted octanol–water partition coefficient (Wildman–Crippen LogP) is 2.51. The van der Waals surface area contributed by atoms with Crippen molar-refractivity contribution in [3.05, 3.63) is 65.6 Å². The molecule has 0 radical (unpaired) electrons. The molecule has 8 nitrogen and oxygen atoms in total. The van der Waals surface area contributed by atoms with Crippen molar-refractivity contribution in [2.75, 3.05) is 26.2 Å². The number of carbonyl (C=O) groups is 1. The standard InChI is InChI=1S/C23H28N6O2/c1-3-29-13-19(11-24-29)21(30)28-10-9-20-14-27(12-18-7-5-4-6-8-18)15-23(20,16-28)22-25-17(2)31-26-22/h4-8,11,13,20H,3,9-10,12,14-16H2,1-2H3/t20-,23+/m0/s1. The summed E-state index contributed by atoms with van der Waals surface area (Å²) in [4.78, 5) is 22.3. The molecule has 2 fully saturated rings. The van der Waals surface area contributed by atoms with Gasteiger partial charge in [0, 0.05) is 52.4 Å². The van der Waals surface area contributed by atoms with Crippen molar-refractivity contribution < 1.29 is 9.32 Å². The first kappa shape index (κ1) is 19.9. The van der Waals surface area contributed by atoms with E-state index in [1.54, 1.807) is 10.9 Å². The molecule has 0 aliphatic carbocycles. The second-order valence-electron chi connectivity index (χ2n) is 8.75. The van der Waals surface area contributed by atoms with Gasteiger partial charge in [-0.15, -0.1) is 0 Å². The van der Waals surface area contributed by atoms with E-state index >= 15 is 0 Å². The molecule has 31 heavy (non-hydrogen) atoms. The van der Waals surface area contributed by atoms with Crippen LogP contribution in [0, 0.1) is 12.8 Å². The third kappa shape index (κ3) is 3.65. The van der Waals surface area contributed by atoms with Crippen molar-refractivity contribution in [2.24, 2.45) is 5.92 Å². The van der Waals surface area contributed by atoms with E-state index < -0.39 is 0 Å². The van der Waals surface area contributed by atoms with Crippen LogP contribution in [0.15, 0.2) is 47.2 Å². The lowest BCUT2D eigenvalue weighted by atomic mass is 9.72. The van der Waals surface area contributed by atoms with E-state index in [1.165, 1.54) is 5.56 Å². The number of rotatable bonds is 5. The van der Waals surface area contributed by atoms with Gasteiger partial charge in [-0.25, -0.2) is 0 Å². The maximum absolute atomic E-state index is 13.3. The van der Waals surface area contributed by atoms with E-state index in [9.17, 15) is 4.79 Å². The van der Waals surface area contributed by atoms with Gasteiger partial charge in [0.15, 0.2) is 5.82 Å². The molecule has 0 unspecified atom stereocenters. The molecular formula is C23H28N6O2. The van der Waals surface area contributed by atoms with Crippen LogP contribution in [0.4, 0.5) is 0 Å². The number of hydrogen-bond acceptors (Lipinski definition) is 6. The van der Waals surface area contributed by atoms with Crippen molar-refractivity contribution in [3.8, 4) is 0 Å². The molecule has 1 amide bonds. The van der Waals surface area contributed by atoms with Crippen molar-refractivity contribution in [1.29, 1.82) is 0 Å². The van der Waals surface area contributed by atoms with Crippen LogP contribution in [0.3, 0.4) is 0 Å². The minimum absolute atomic E-state index is 0.0271. The van der Waals surface area contributed by atoms with Gasteiger partial charge in [-0.2, -0.15) is 10.1 Å². The lowest BCUT2D eigenvalue weighted by Crippen LogP contribution is -2.54. The van der Waals surface area contributed by atoms with Crippen LogP contribution in [0.2, 0.25) is 0 Å². The summed E-state index contributed by atoms with van der Waals surface area (Å²) in [6, 6.07) is 10.5. The predicted molar refractivity (Wildman–Crippen MR) is 114 cm³/mol. The first-order valence-electron chi connectivity index (χ1n) is 11.0. The van der Waals surface area contributed by atoms with Gasteiger partial charge in [-0.3, -0.25) is 14.4 Å². The molecule has 162 valence electrons. The van der Waals surface area contributed by atoms with Crippen molar-refractivity contribution >= 4 is 5.91 Å². The highest BCUT2D eigenvalue weighted by molar-refractivity contribution is 5.93. The third-order valence-electron chi connectivity index (χ3n) is 6.70. The van der Waals surface area contributed by atoms with Gasteiger partial charge in [0.25, 0.3) is 5.91 Å². The smallest absolute Gasteiger partial charge is 0.257 e. The van der Waals surface area contributed by atoms with Crippen LogP contribution in [0.1, 0.15) is 41.0 Å². The molecule has 2 atom stereocenters. The molecule has 0 spiro atoms. The molecule has 0 bridgehead atoms. The highest BCUT2D eigenvalue weighted by atomic mass is 16.5. The highest BCUT2D eigenvalue weighted by Crippen LogP contribution is 2.44. The van der Waals surface area contributed by atoms with Crippen LogP contribution < -0.4 is 0 Å². The van der Waals surface area contributed by atoms with Crippen LogP contribution >= 0.6 is 0 Å². The minimum Gasteiger partial charge on any atom is -0.340 e. The first-order chi connectivity index (χ1) is 15.1. The van der Waals surface area contributed by atoms with Gasteiger partial charge in [0.1, 0.15) is 0 Å². The van der Waals surface area contributed by atoms with Gasteiger partial charge in [-0.05, 0) is 24.8 Å². The Balaban J connectivity index is 1.42. The number of carbonyl (C=O) groups excluding carboxylic acids is 1. The summed E-state index contributed by atoms with van der Waals surface area (Å²) in [6.45, 7) is 8.57. The van der Waals surface area contributed by atoms with E-state index in [0.717, 1.165) is 45.0 Å². The summed E-state index contributed by atoms with van der Waals surface area (Å²) in [6.07, 6.45) is 4.42. The summed E-state index contributed by atoms with van der Waals surface area (Å²) in [5.41, 5.74) is 1.61. The average Bonchev–Trinajstić information content (AvgIpc) is 3.51. The van der Waals surface area contributed by atoms with Crippen LogP contribution in [-0.2, 0) is 18.5 Å². The monoisotopic (exact) mass is 420 g/mol. The van der Waals surface area contributed by atoms with Crippen molar-refractivity contribution in [1.82, 2.24) is 29.7 Å². The molecule has 2 aliphatic rings. The Morgan fingerprint density at radius 2 is 2.10 bits per heavy atom. The Kier molecular flexibility index (Phi) is 5.09. The van der Waals surface area contributed by atoms with E-state index in [0.29, 0.717) is 23.9 Å². The van der Waals surface area contributed by atoms with E-state index in [-0.39, 0.29) is 11.3 Å². The zero-order valence-electron chi connectivity index (χ0n) is 18.1. The van der Waals surface area contributed by atoms with Crippen molar-refractivity contribution in [2.45, 2.75) is 38.8 Å².